The molecule has 15 heavy (non-hydrogen) atoms. The summed E-state index contributed by atoms with van der Waals surface area (Å²) in [6.45, 7) is 1.59. The fraction of sp³-hybridized carbons (Fsp3) is 0.182. The van der Waals surface area contributed by atoms with Crippen molar-refractivity contribution in [3.05, 3.63) is 39.9 Å². The van der Waals surface area contributed by atoms with Crippen molar-refractivity contribution >= 4 is 35.2 Å². The van der Waals surface area contributed by atoms with Crippen LogP contribution in [0.15, 0.2) is 28.8 Å². The highest BCUT2D eigenvalue weighted by atomic mass is 35.5. The Hall–Kier alpha value is -0.990. The quantitative estimate of drug-likeness (QED) is 0.761. The van der Waals surface area contributed by atoms with Crippen LogP contribution in [0.5, 0.6) is 0 Å². The minimum absolute atomic E-state index is 0.172. The van der Waals surface area contributed by atoms with Gasteiger partial charge < -0.3 is 4.74 Å². The molecule has 0 aliphatic heterocycles. The maximum absolute atomic E-state index is 10.7. The summed E-state index contributed by atoms with van der Waals surface area (Å²) in [5, 5.41) is 0. The van der Waals surface area contributed by atoms with E-state index in [9.17, 15) is 4.79 Å². The molecule has 4 heteroatoms. The number of halogens is 2. The Labute approximate surface area is 98.4 Å². The molecule has 1 aromatic carbocycles. The van der Waals surface area contributed by atoms with Crippen molar-refractivity contribution in [3.63, 3.8) is 0 Å². The number of rotatable bonds is 3. The van der Waals surface area contributed by atoms with Gasteiger partial charge in [-0.2, -0.15) is 0 Å². The monoisotopic (exact) mass is 244 g/mol. The molecule has 0 aliphatic carbocycles. The van der Waals surface area contributed by atoms with Crippen molar-refractivity contribution in [3.8, 4) is 0 Å². The van der Waals surface area contributed by atoms with E-state index in [0.717, 1.165) is 11.1 Å². The van der Waals surface area contributed by atoms with Gasteiger partial charge in [0.05, 0.1) is 0 Å². The lowest BCUT2D eigenvalue weighted by molar-refractivity contribution is -0.142. The Morgan fingerprint density at radius 1 is 1.40 bits per heavy atom. The minimum Gasteiger partial charge on any atom is -0.461 e. The Morgan fingerprint density at radius 3 is 2.67 bits per heavy atom. The van der Waals surface area contributed by atoms with Crippen LogP contribution in [-0.2, 0) is 16.1 Å². The third-order valence-electron chi connectivity index (χ3n) is 1.75. The van der Waals surface area contributed by atoms with Crippen molar-refractivity contribution in [2.45, 2.75) is 13.5 Å². The van der Waals surface area contributed by atoms with Crippen molar-refractivity contribution in [2.75, 3.05) is 0 Å². The maximum Gasteiger partial charge on any atom is 0.302 e. The fourth-order valence-corrected chi connectivity index (χ4v) is 1.34. The van der Waals surface area contributed by atoms with E-state index in [1.165, 1.54) is 6.92 Å². The van der Waals surface area contributed by atoms with Gasteiger partial charge in [0.25, 0.3) is 0 Å². The first kappa shape index (κ1) is 12.1. The van der Waals surface area contributed by atoms with Crippen LogP contribution in [0.1, 0.15) is 18.1 Å². The number of hydrogen-bond acceptors (Lipinski definition) is 2. The van der Waals surface area contributed by atoms with Crippen LogP contribution < -0.4 is 0 Å². The molecular formula is C11H10Cl2O2. The van der Waals surface area contributed by atoms with E-state index in [2.05, 4.69) is 0 Å². The van der Waals surface area contributed by atoms with Gasteiger partial charge in [-0.05, 0) is 17.2 Å². The highest BCUT2D eigenvalue weighted by Crippen LogP contribution is 2.18. The summed E-state index contributed by atoms with van der Waals surface area (Å²) in [5.74, 6) is -0.314. The summed E-state index contributed by atoms with van der Waals surface area (Å²) in [6.07, 6.45) is 1.61. The molecule has 0 amide bonds. The van der Waals surface area contributed by atoms with Crippen LogP contribution in [0.3, 0.4) is 0 Å². The highest BCUT2D eigenvalue weighted by molar-refractivity contribution is 6.57. The standard InChI is InChI=1S/C11H10Cl2O2/c1-8(14)15-7-10-5-3-2-4-9(10)6-11(12)13/h2-6H,7H2,1H3. The molecular weight excluding hydrogens is 235 g/mol. The number of esters is 1. The van der Waals surface area contributed by atoms with Crippen LogP contribution in [0, 0.1) is 0 Å². The topological polar surface area (TPSA) is 26.3 Å². The molecule has 1 rings (SSSR count). The summed E-state index contributed by atoms with van der Waals surface area (Å²) in [4.78, 5) is 10.7. The molecule has 0 fully saturated rings. The second-order valence-corrected chi connectivity index (χ2v) is 3.92. The number of benzene rings is 1. The zero-order valence-corrected chi connectivity index (χ0v) is 9.68. The summed E-state index contributed by atoms with van der Waals surface area (Å²) < 4.78 is 5.07. The minimum atomic E-state index is -0.314. The molecule has 0 aliphatic rings. The second-order valence-electron chi connectivity index (χ2n) is 2.91. The predicted molar refractivity (Wildman–Crippen MR) is 61.6 cm³/mol. The van der Waals surface area contributed by atoms with Crippen LogP contribution in [0.25, 0.3) is 6.08 Å². The number of carbonyl (C=O) groups is 1. The van der Waals surface area contributed by atoms with Gasteiger partial charge in [-0.1, -0.05) is 47.5 Å². The van der Waals surface area contributed by atoms with Crippen molar-refractivity contribution in [2.24, 2.45) is 0 Å². The Kier molecular flexibility index (Phi) is 4.66. The van der Waals surface area contributed by atoms with Crippen LogP contribution in [0.4, 0.5) is 0 Å². The molecule has 0 saturated carbocycles. The van der Waals surface area contributed by atoms with E-state index < -0.39 is 0 Å². The average molecular weight is 245 g/mol. The van der Waals surface area contributed by atoms with Gasteiger partial charge in [0.15, 0.2) is 0 Å². The van der Waals surface area contributed by atoms with E-state index >= 15 is 0 Å². The summed E-state index contributed by atoms with van der Waals surface area (Å²) >= 11 is 11.1. The first-order valence-electron chi connectivity index (χ1n) is 4.33. The van der Waals surface area contributed by atoms with E-state index in [1.54, 1.807) is 6.08 Å². The zero-order chi connectivity index (χ0) is 11.3. The predicted octanol–water partition coefficient (Wildman–Crippen LogP) is 3.53. The summed E-state index contributed by atoms with van der Waals surface area (Å²) in [7, 11) is 0. The average Bonchev–Trinajstić information content (AvgIpc) is 2.15. The van der Waals surface area contributed by atoms with Gasteiger partial charge in [-0.15, -0.1) is 0 Å². The lowest BCUT2D eigenvalue weighted by Crippen LogP contribution is -2.00. The van der Waals surface area contributed by atoms with E-state index in [1.807, 2.05) is 24.3 Å². The summed E-state index contributed by atoms with van der Waals surface area (Å²) in [5.41, 5.74) is 1.71. The molecule has 0 unspecified atom stereocenters. The Morgan fingerprint density at radius 2 is 2.07 bits per heavy atom. The Bertz CT molecular complexity index is 382. The number of hydrogen-bond donors (Lipinski definition) is 0. The van der Waals surface area contributed by atoms with Crippen LogP contribution in [-0.4, -0.2) is 5.97 Å². The first-order chi connectivity index (χ1) is 7.09. The van der Waals surface area contributed by atoms with Gasteiger partial charge in [0.1, 0.15) is 11.1 Å². The zero-order valence-electron chi connectivity index (χ0n) is 8.17. The number of carbonyl (C=O) groups excluding carboxylic acids is 1. The molecule has 0 bridgehead atoms. The molecule has 0 radical (unpaired) electrons. The smallest absolute Gasteiger partial charge is 0.302 e. The Balaban J connectivity index is 2.86. The van der Waals surface area contributed by atoms with Crippen LogP contribution >= 0.6 is 23.2 Å². The molecule has 0 atom stereocenters. The third-order valence-corrected chi connectivity index (χ3v) is 1.97. The van der Waals surface area contributed by atoms with Gasteiger partial charge in [0.2, 0.25) is 0 Å². The summed E-state index contributed by atoms with van der Waals surface area (Å²) in [6, 6.07) is 7.42. The second kappa shape index (κ2) is 5.79. The van der Waals surface area contributed by atoms with Crippen LogP contribution in [0.2, 0.25) is 0 Å². The molecule has 0 saturated heterocycles. The first-order valence-corrected chi connectivity index (χ1v) is 5.09. The van der Waals surface area contributed by atoms with Gasteiger partial charge in [-0.25, -0.2) is 0 Å². The SMILES string of the molecule is CC(=O)OCc1ccccc1C=C(Cl)Cl. The normalized spacial score (nSPS) is 9.53. The van der Waals surface area contributed by atoms with Crippen molar-refractivity contribution in [1.82, 2.24) is 0 Å². The molecule has 80 valence electrons. The molecule has 0 heterocycles. The molecule has 1 aromatic rings. The van der Waals surface area contributed by atoms with Gasteiger partial charge in [-0.3, -0.25) is 4.79 Å². The lowest BCUT2D eigenvalue weighted by atomic mass is 10.1. The molecule has 0 aromatic heterocycles. The lowest BCUT2D eigenvalue weighted by Gasteiger charge is -2.05. The van der Waals surface area contributed by atoms with Gasteiger partial charge >= 0.3 is 5.97 Å². The number of ether oxygens (including phenoxy) is 1. The largest absolute Gasteiger partial charge is 0.461 e. The van der Waals surface area contributed by atoms with Crippen molar-refractivity contribution < 1.29 is 9.53 Å². The highest BCUT2D eigenvalue weighted by Gasteiger charge is 2.01. The van der Waals surface area contributed by atoms with E-state index in [0.29, 0.717) is 0 Å². The molecule has 0 N–H and O–H groups in total. The van der Waals surface area contributed by atoms with Gasteiger partial charge in [0, 0.05) is 6.92 Å². The fourth-order valence-electron chi connectivity index (χ4n) is 1.10. The van der Waals surface area contributed by atoms with E-state index in [-0.39, 0.29) is 17.1 Å². The van der Waals surface area contributed by atoms with E-state index in [4.69, 9.17) is 27.9 Å². The molecule has 0 spiro atoms. The maximum atomic E-state index is 10.7. The van der Waals surface area contributed by atoms with Crippen molar-refractivity contribution in [1.29, 1.82) is 0 Å². The molecule has 2 nitrogen and oxygen atoms in total. The third kappa shape index (κ3) is 4.36.